The number of sulfonamides is 1. The van der Waals surface area contributed by atoms with Crippen LogP contribution in [0.1, 0.15) is 23.1 Å². The first kappa shape index (κ1) is 20.6. The van der Waals surface area contributed by atoms with E-state index in [1.54, 1.807) is 30.3 Å². The van der Waals surface area contributed by atoms with Crippen LogP contribution in [0.2, 0.25) is 0 Å². The van der Waals surface area contributed by atoms with Gasteiger partial charge in [-0.2, -0.15) is 0 Å². The molecule has 0 saturated heterocycles. The van der Waals surface area contributed by atoms with Gasteiger partial charge in [-0.05, 0) is 55.5 Å². The molecule has 0 unspecified atom stereocenters. The third kappa shape index (κ3) is 4.44. The molecule has 0 radical (unpaired) electrons. The van der Waals surface area contributed by atoms with Gasteiger partial charge in [0.15, 0.2) is 0 Å². The van der Waals surface area contributed by atoms with E-state index in [0.29, 0.717) is 11.3 Å². The van der Waals surface area contributed by atoms with Crippen molar-refractivity contribution in [2.45, 2.75) is 24.9 Å². The summed E-state index contributed by atoms with van der Waals surface area (Å²) in [6, 6.07) is 22.3. The van der Waals surface area contributed by atoms with Gasteiger partial charge < -0.3 is 9.88 Å². The predicted octanol–water partition coefficient (Wildman–Crippen LogP) is 3.79. The van der Waals surface area contributed by atoms with Crippen LogP contribution in [0.15, 0.2) is 83.8 Å². The maximum atomic E-state index is 12.6. The van der Waals surface area contributed by atoms with Crippen molar-refractivity contribution < 1.29 is 13.2 Å². The minimum atomic E-state index is -3.73. The van der Waals surface area contributed by atoms with Crippen molar-refractivity contribution in [2.24, 2.45) is 0 Å². The summed E-state index contributed by atoms with van der Waals surface area (Å²) in [4.78, 5) is 17.3. The van der Waals surface area contributed by atoms with Gasteiger partial charge in [-0.1, -0.05) is 30.3 Å². The highest BCUT2D eigenvalue weighted by Gasteiger charge is 2.16. The van der Waals surface area contributed by atoms with E-state index < -0.39 is 10.0 Å². The molecule has 8 heteroatoms. The van der Waals surface area contributed by atoms with E-state index in [-0.39, 0.29) is 17.3 Å². The second-order valence-corrected chi connectivity index (χ2v) is 8.62. The van der Waals surface area contributed by atoms with Gasteiger partial charge in [0.1, 0.15) is 5.82 Å². The molecule has 0 aliphatic rings. The highest BCUT2D eigenvalue weighted by atomic mass is 32.2. The lowest BCUT2D eigenvalue weighted by atomic mass is 10.2. The Hall–Kier alpha value is -3.65. The first-order chi connectivity index (χ1) is 15.0. The van der Waals surface area contributed by atoms with E-state index in [1.165, 1.54) is 24.3 Å². The number of carbonyl (C=O) groups is 1. The zero-order valence-electron chi connectivity index (χ0n) is 16.9. The molecule has 0 bridgehead atoms. The number of fused-ring (bicyclic) bond motifs is 1. The smallest absolute Gasteiger partial charge is 0.261 e. The highest BCUT2D eigenvalue weighted by Crippen LogP contribution is 2.18. The predicted molar refractivity (Wildman–Crippen MR) is 120 cm³/mol. The zero-order chi connectivity index (χ0) is 21.8. The quantitative estimate of drug-likeness (QED) is 0.463. The molecule has 0 spiro atoms. The van der Waals surface area contributed by atoms with E-state index in [2.05, 4.69) is 19.6 Å². The number of rotatable bonds is 7. The highest BCUT2D eigenvalue weighted by molar-refractivity contribution is 7.92. The van der Waals surface area contributed by atoms with E-state index in [9.17, 15) is 13.2 Å². The summed E-state index contributed by atoms with van der Waals surface area (Å²) in [5.74, 6) is 0.470. The zero-order valence-corrected chi connectivity index (χ0v) is 17.8. The Balaban J connectivity index is 1.45. The van der Waals surface area contributed by atoms with E-state index in [0.717, 1.165) is 23.4 Å². The maximum absolute atomic E-state index is 12.6. The second-order valence-electron chi connectivity index (χ2n) is 6.94. The fourth-order valence-corrected chi connectivity index (χ4v) is 4.44. The van der Waals surface area contributed by atoms with Crippen LogP contribution >= 0.6 is 0 Å². The maximum Gasteiger partial charge on any atom is 0.261 e. The van der Waals surface area contributed by atoms with Crippen LogP contribution in [0, 0.1) is 0 Å². The number of benzene rings is 3. The van der Waals surface area contributed by atoms with E-state index in [4.69, 9.17) is 0 Å². The summed E-state index contributed by atoms with van der Waals surface area (Å²) in [6.07, 6.45) is 0. The number of hydrogen-bond acceptors (Lipinski definition) is 4. The molecule has 31 heavy (non-hydrogen) atoms. The summed E-state index contributed by atoms with van der Waals surface area (Å²) in [5, 5.41) is 2.86. The van der Waals surface area contributed by atoms with Crippen molar-refractivity contribution in [1.82, 2.24) is 14.9 Å². The Morgan fingerprint density at radius 1 is 0.935 bits per heavy atom. The number of imidazole rings is 1. The Morgan fingerprint density at radius 2 is 1.61 bits per heavy atom. The molecular weight excluding hydrogens is 412 g/mol. The average Bonchev–Trinajstić information content (AvgIpc) is 3.15. The fourth-order valence-electron chi connectivity index (χ4n) is 3.38. The molecule has 4 rings (SSSR count). The summed E-state index contributed by atoms with van der Waals surface area (Å²) in [7, 11) is -3.73. The number of nitrogens with one attached hydrogen (secondary N) is 2. The second kappa shape index (κ2) is 8.61. The molecule has 0 fully saturated rings. The molecule has 0 aliphatic heterocycles. The number of hydrogen-bond donors (Lipinski definition) is 2. The molecule has 0 atom stereocenters. The number of aromatic nitrogens is 2. The van der Waals surface area contributed by atoms with Gasteiger partial charge in [-0.25, -0.2) is 13.4 Å². The molecule has 1 heterocycles. The number of aryl methyl sites for hydroxylation is 1. The van der Waals surface area contributed by atoms with Crippen LogP contribution in [0.5, 0.6) is 0 Å². The molecule has 3 aromatic carbocycles. The summed E-state index contributed by atoms with van der Waals surface area (Å²) in [6.45, 7) is 3.05. The first-order valence-electron chi connectivity index (χ1n) is 9.88. The van der Waals surface area contributed by atoms with Crippen LogP contribution in [-0.2, 0) is 23.1 Å². The van der Waals surface area contributed by atoms with Gasteiger partial charge >= 0.3 is 0 Å². The largest absolute Gasteiger partial charge is 0.345 e. The van der Waals surface area contributed by atoms with Crippen molar-refractivity contribution >= 4 is 32.7 Å². The Labute approximate surface area is 180 Å². The van der Waals surface area contributed by atoms with Crippen LogP contribution in [0.4, 0.5) is 5.69 Å². The topological polar surface area (TPSA) is 93.1 Å². The Bertz CT molecular complexity index is 1310. The molecule has 1 amide bonds. The molecule has 7 nitrogen and oxygen atoms in total. The fraction of sp³-hybridized carbons (Fsp3) is 0.130. The summed E-state index contributed by atoms with van der Waals surface area (Å²) < 4.78 is 29.6. The number of para-hydroxylation sites is 3. The van der Waals surface area contributed by atoms with Crippen molar-refractivity contribution in [1.29, 1.82) is 0 Å². The number of carbonyl (C=O) groups excluding carboxylic acids is 1. The van der Waals surface area contributed by atoms with Gasteiger partial charge in [0, 0.05) is 17.8 Å². The number of anilines is 1. The minimum Gasteiger partial charge on any atom is -0.345 e. The molecule has 2 N–H and O–H groups in total. The van der Waals surface area contributed by atoms with Crippen LogP contribution in [0.3, 0.4) is 0 Å². The normalized spacial score (nSPS) is 11.4. The van der Waals surface area contributed by atoms with Crippen molar-refractivity contribution in [3.05, 3.63) is 90.3 Å². The lowest BCUT2D eigenvalue weighted by Crippen LogP contribution is -2.24. The lowest BCUT2D eigenvalue weighted by Gasteiger charge is -2.10. The third-order valence-electron chi connectivity index (χ3n) is 4.91. The van der Waals surface area contributed by atoms with Gasteiger partial charge in [0.2, 0.25) is 0 Å². The van der Waals surface area contributed by atoms with E-state index >= 15 is 0 Å². The Morgan fingerprint density at radius 3 is 2.32 bits per heavy atom. The number of nitrogens with zero attached hydrogens (tertiary/aromatic N) is 2. The number of amides is 1. The Kier molecular flexibility index (Phi) is 5.73. The van der Waals surface area contributed by atoms with Gasteiger partial charge in [0.25, 0.3) is 15.9 Å². The van der Waals surface area contributed by atoms with Gasteiger partial charge in [0.05, 0.1) is 22.5 Å². The van der Waals surface area contributed by atoms with Gasteiger partial charge in [-0.15, -0.1) is 0 Å². The lowest BCUT2D eigenvalue weighted by molar-refractivity contribution is 0.0949. The average molecular weight is 435 g/mol. The minimum absolute atomic E-state index is 0.0840. The third-order valence-corrected chi connectivity index (χ3v) is 6.31. The molecular formula is C23H22N4O3S. The summed E-state index contributed by atoms with van der Waals surface area (Å²) >= 11 is 0. The van der Waals surface area contributed by atoms with Crippen molar-refractivity contribution in [2.75, 3.05) is 4.72 Å². The van der Waals surface area contributed by atoms with Crippen molar-refractivity contribution in [3.8, 4) is 0 Å². The molecule has 1 aromatic heterocycles. The van der Waals surface area contributed by atoms with Crippen LogP contribution in [0.25, 0.3) is 11.0 Å². The van der Waals surface area contributed by atoms with Crippen LogP contribution in [-0.4, -0.2) is 23.9 Å². The molecule has 158 valence electrons. The van der Waals surface area contributed by atoms with Crippen molar-refractivity contribution in [3.63, 3.8) is 0 Å². The first-order valence-corrected chi connectivity index (χ1v) is 11.4. The summed E-state index contributed by atoms with van der Waals surface area (Å²) in [5.41, 5.74) is 2.75. The van der Waals surface area contributed by atoms with Gasteiger partial charge in [-0.3, -0.25) is 9.52 Å². The SMILES string of the molecule is CCn1c(CNC(=O)c2ccc(S(=O)(=O)Nc3ccccc3)cc2)nc2ccccc21. The van der Waals surface area contributed by atoms with E-state index in [1.807, 2.05) is 31.2 Å². The molecule has 0 saturated carbocycles. The molecule has 4 aromatic rings. The standard InChI is InChI=1S/C23H22N4O3S/c1-2-27-21-11-7-6-10-20(21)25-22(27)16-24-23(28)17-12-14-19(15-13-17)31(29,30)26-18-8-4-3-5-9-18/h3-15,26H,2,16H2,1H3,(H,24,28). The monoisotopic (exact) mass is 434 g/mol. The molecule has 0 aliphatic carbocycles. The van der Waals surface area contributed by atoms with Crippen LogP contribution < -0.4 is 10.0 Å².